The van der Waals surface area contributed by atoms with Gasteiger partial charge >= 0.3 is 0 Å². The number of Topliss-reactive ketones (excluding diaryl/α,β-unsaturated/α-hetero) is 1. The number of nitrogens with one attached hydrogen (secondary N) is 2. The zero-order valence-corrected chi connectivity index (χ0v) is 19.8. The van der Waals surface area contributed by atoms with Gasteiger partial charge in [-0.2, -0.15) is 0 Å². The number of carbonyl (C=O) groups is 1. The zero-order valence-electron chi connectivity index (χ0n) is 19.8. The predicted molar refractivity (Wildman–Crippen MR) is 143 cm³/mol. The monoisotopic (exact) mass is 470 g/mol. The Labute approximate surface area is 209 Å². The minimum Gasteiger partial charge on any atom is -0.361 e. The van der Waals surface area contributed by atoms with Crippen LogP contribution in [-0.2, 0) is 17.6 Å². The normalized spacial score (nSPS) is 13.1. The van der Waals surface area contributed by atoms with Crippen LogP contribution in [0.4, 0.5) is 0 Å². The predicted octanol–water partition coefficient (Wildman–Crippen LogP) is 6.36. The molecule has 5 heteroatoms. The molecule has 0 aliphatic heterocycles. The van der Waals surface area contributed by atoms with Crippen LogP contribution in [0.2, 0.25) is 0 Å². The third-order valence-electron chi connectivity index (χ3n) is 7.01. The van der Waals surface area contributed by atoms with Gasteiger partial charge in [0.2, 0.25) is 0 Å². The van der Waals surface area contributed by atoms with Crippen LogP contribution >= 0.6 is 0 Å². The summed E-state index contributed by atoms with van der Waals surface area (Å²) in [5, 5.41) is 2.16. The Hall–Kier alpha value is -4.51. The van der Waals surface area contributed by atoms with Crippen LogP contribution in [0, 0.1) is 0 Å². The maximum atomic E-state index is 14.7. The molecule has 0 aliphatic rings. The van der Waals surface area contributed by atoms with Crippen LogP contribution < -0.4 is 0 Å². The van der Waals surface area contributed by atoms with Gasteiger partial charge in [0.05, 0.1) is 0 Å². The molecule has 2 N–H and O–H groups in total. The molecule has 2 unspecified atom stereocenters. The molecular formula is C31H26N4O. The molecule has 6 rings (SSSR count). The van der Waals surface area contributed by atoms with E-state index in [4.69, 9.17) is 0 Å². The van der Waals surface area contributed by atoms with E-state index in [9.17, 15) is 4.79 Å². The highest BCUT2D eigenvalue weighted by molar-refractivity contribution is 5.99. The Kier molecular flexibility index (Phi) is 5.88. The number of ketones is 1. The molecule has 0 saturated carbocycles. The first-order chi connectivity index (χ1) is 17.8. The summed E-state index contributed by atoms with van der Waals surface area (Å²) in [6, 6.07) is 24.3. The van der Waals surface area contributed by atoms with Crippen molar-refractivity contribution in [2.45, 2.75) is 24.7 Å². The Balaban J connectivity index is 1.48. The lowest BCUT2D eigenvalue weighted by molar-refractivity contribution is -0.121. The summed E-state index contributed by atoms with van der Waals surface area (Å²) >= 11 is 0. The quantitative estimate of drug-likeness (QED) is 0.272. The van der Waals surface area contributed by atoms with Gasteiger partial charge < -0.3 is 9.97 Å². The first-order valence-corrected chi connectivity index (χ1v) is 12.2. The SMILES string of the molecule is O=C(C(Cc1cccnc1)c1c[nH]c2ccccc12)C(Cc1cccnc1)c1c[nH]c2ccccc12. The lowest BCUT2D eigenvalue weighted by Crippen LogP contribution is -2.24. The van der Waals surface area contributed by atoms with Gasteiger partial charge in [-0.25, -0.2) is 0 Å². The van der Waals surface area contributed by atoms with Gasteiger partial charge in [-0.1, -0.05) is 48.5 Å². The van der Waals surface area contributed by atoms with Gasteiger partial charge in [0.15, 0.2) is 0 Å². The molecule has 36 heavy (non-hydrogen) atoms. The van der Waals surface area contributed by atoms with Crippen LogP contribution in [-0.4, -0.2) is 25.7 Å². The number of benzene rings is 2. The highest BCUT2D eigenvalue weighted by atomic mass is 16.1. The van der Waals surface area contributed by atoms with Gasteiger partial charge in [0.25, 0.3) is 0 Å². The van der Waals surface area contributed by atoms with E-state index in [1.807, 2.05) is 73.3 Å². The van der Waals surface area contributed by atoms with E-state index in [1.54, 1.807) is 12.4 Å². The summed E-state index contributed by atoms with van der Waals surface area (Å²) in [6.07, 6.45) is 12.4. The first kappa shape index (κ1) is 22.0. The highest BCUT2D eigenvalue weighted by Gasteiger charge is 2.32. The van der Waals surface area contributed by atoms with Crippen molar-refractivity contribution < 1.29 is 4.79 Å². The van der Waals surface area contributed by atoms with Crippen molar-refractivity contribution >= 4 is 27.6 Å². The number of pyridine rings is 2. The van der Waals surface area contributed by atoms with E-state index in [1.165, 1.54) is 0 Å². The second kappa shape index (κ2) is 9.62. The number of carbonyl (C=O) groups excluding carboxylic acids is 1. The molecule has 0 amide bonds. The molecular weight excluding hydrogens is 444 g/mol. The standard InChI is InChI=1S/C31H26N4O/c36-31(25(15-21-7-5-13-32-17-21)27-19-34-29-11-3-1-9-23(27)29)26(16-22-8-6-14-33-18-22)28-20-35-30-12-4-2-10-24(28)30/h1-14,17-20,25-26,34-35H,15-16H2. The molecule has 0 fully saturated rings. The van der Waals surface area contributed by atoms with Gasteiger partial charge in [-0.05, 0) is 59.4 Å². The number of fused-ring (bicyclic) bond motifs is 2. The number of H-pyrrole nitrogens is 2. The fourth-order valence-electron chi connectivity index (χ4n) is 5.24. The summed E-state index contributed by atoms with van der Waals surface area (Å²) in [6.45, 7) is 0. The number of para-hydroxylation sites is 2. The molecule has 2 atom stereocenters. The van der Waals surface area contributed by atoms with Gasteiger partial charge in [-0.15, -0.1) is 0 Å². The van der Waals surface area contributed by atoms with E-state index < -0.39 is 0 Å². The summed E-state index contributed by atoms with van der Waals surface area (Å²) in [5.41, 5.74) is 6.20. The molecule has 176 valence electrons. The minimum absolute atomic E-state index is 0.192. The Bertz CT molecular complexity index is 1500. The fourth-order valence-corrected chi connectivity index (χ4v) is 5.24. The van der Waals surface area contributed by atoms with Gasteiger partial charge in [-0.3, -0.25) is 14.8 Å². The molecule has 0 saturated heterocycles. The van der Waals surface area contributed by atoms with Gasteiger partial charge in [0.1, 0.15) is 5.78 Å². The smallest absolute Gasteiger partial charge is 0.148 e. The Morgan fingerprint density at radius 2 is 1.11 bits per heavy atom. The van der Waals surface area contributed by atoms with Crippen molar-refractivity contribution in [2.24, 2.45) is 0 Å². The van der Waals surface area contributed by atoms with Crippen LogP contribution in [0.3, 0.4) is 0 Å². The van der Waals surface area contributed by atoms with Gasteiger partial charge in [0, 0.05) is 70.8 Å². The fraction of sp³-hybridized carbons (Fsp3) is 0.129. The molecule has 4 heterocycles. The zero-order chi connectivity index (χ0) is 24.3. The topological polar surface area (TPSA) is 74.4 Å². The average molecular weight is 471 g/mol. The third-order valence-corrected chi connectivity index (χ3v) is 7.01. The molecule has 2 aromatic carbocycles. The Morgan fingerprint density at radius 1 is 0.639 bits per heavy atom. The largest absolute Gasteiger partial charge is 0.361 e. The van der Waals surface area contributed by atoms with Crippen molar-refractivity contribution in [1.82, 2.24) is 19.9 Å². The number of hydrogen-bond donors (Lipinski definition) is 2. The number of rotatable bonds is 8. The van der Waals surface area contributed by atoms with Crippen molar-refractivity contribution in [1.29, 1.82) is 0 Å². The van der Waals surface area contributed by atoms with E-state index in [0.717, 1.165) is 44.1 Å². The van der Waals surface area contributed by atoms with E-state index in [2.05, 4.69) is 44.2 Å². The molecule has 5 nitrogen and oxygen atoms in total. The van der Waals surface area contributed by atoms with Crippen molar-refractivity contribution in [3.05, 3.63) is 132 Å². The van der Waals surface area contributed by atoms with E-state index in [0.29, 0.717) is 12.8 Å². The summed E-state index contributed by atoms with van der Waals surface area (Å²) in [4.78, 5) is 30.0. The van der Waals surface area contributed by atoms with Crippen molar-refractivity contribution in [3.8, 4) is 0 Å². The molecule has 0 radical (unpaired) electrons. The van der Waals surface area contributed by atoms with E-state index in [-0.39, 0.29) is 17.6 Å². The number of nitrogens with zero attached hydrogens (tertiary/aromatic N) is 2. The molecule has 6 aromatic rings. The number of aromatic amines is 2. The lowest BCUT2D eigenvalue weighted by Gasteiger charge is -2.23. The van der Waals surface area contributed by atoms with Crippen molar-refractivity contribution in [2.75, 3.05) is 0 Å². The highest BCUT2D eigenvalue weighted by Crippen LogP contribution is 2.37. The third kappa shape index (κ3) is 4.20. The van der Waals surface area contributed by atoms with Crippen LogP contribution in [0.15, 0.2) is 110 Å². The summed E-state index contributed by atoms with van der Waals surface area (Å²) in [5.74, 6) is -0.474. The summed E-state index contributed by atoms with van der Waals surface area (Å²) < 4.78 is 0. The van der Waals surface area contributed by atoms with Crippen molar-refractivity contribution in [3.63, 3.8) is 0 Å². The lowest BCUT2D eigenvalue weighted by atomic mass is 9.78. The number of hydrogen-bond acceptors (Lipinski definition) is 3. The summed E-state index contributed by atoms with van der Waals surface area (Å²) in [7, 11) is 0. The Morgan fingerprint density at radius 3 is 1.56 bits per heavy atom. The minimum atomic E-state index is -0.333. The van der Waals surface area contributed by atoms with E-state index >= 15 is 0 Å². The molecule has 0 spiro atoms. The maximum Gasteiger partial charge on any atom is 0.148 e. The number of aromatic nitrogens is 4. The molecule has 0 bridgehead atoms. The first-order valence-electron chi connectivity index (χ1n) is 12.2. The van der Waals surface area contributed by atoms with Crippen LogP contribution in [0.5, 0.6) is 0 Å². The average Bonchev–Trinajstić information content (AvgIpc) is 3.56. The second-order valence-corrected chi connectivity index (χ2v) is 9.22. The van der Waals surface area contributed by atoms with Crippen LogP contribution in [0.25, 0.3) is 21.8 Å². The molecule has 4 aromatic heterocycles. The van der Waals surface area contributed by atoms with Crippen LogP contribution in [0.1, 0.15) is 34.1 Å². The maximum absolute atomic E-state index is 14.7. The molecule has 0 aliphatic carbocycles. The second-order valence-electron chi connectivity index (χ2n) is 9.22.